The first-order valence-corrected chi connectivity index (χ1v) is 6.65. The summed E-state index contributed by atoms with van der Waals surface area (Å²) in [6.45, 7) is 0. The molecule has 4 atom stereocenters. The predicted octanol–water partition coefficient (Wildman–Crippen LogP) is 2.10. The Kier molecular flexibility index (Phi) is 4.62. The molecular weight excluding hydrogens is 202 g/mol. The van der Waals surface area contributed by atoms with Crippen LogP contribution in [0, 0.1) is 0 Å². The number of hydrogen-bond acceptors (Lipinski definition) is 3. The van der Waals surface area contributed by atoms with Crippen molar-refractivity contribution in [2.45, 2.75) is 69.2 Å². The van der Waals surface area contributed by atoms with Gasteiger partial charge >= 0.3 is 0 Å². The van der Waals surface area contributed by atoms with Crippen LogP contribution in [0.4, 0.5) is 0 Å². The zero-order valence-electron chi connectivity index (χ0n) is 10.6. The van der Waals surface area contributed by atoms with Crippen LogP contribution >= 0.6 is 0 Å². The third-order valence-electron chi connectivity index (χ3n) is 4.17. The summed E-state index contributed by atoms with van der Waals surface area (Å²) in [7, 11) is 3.67. The fourth-order valence-corrected chi connectivity index (χ4v) is 3.18. The van der Waals surface area contributed by atoms with Crippen molar-refractivity contribution in [3.8, 4) is 0 Å². The number of hydrogen-bond donors (Lipinski definition) is 1. The highest BCUT2D eigenvalue weighted by Gasteiger charge is 2.30. The monoisotopic (exact) mass is 227 g/mol. The zero-order chi connectivity index (χ0) is 11.4. The lowest BCUT2D eigenvalue weighted by atomic mass is 9.91. The van der Waals surface area contributed by atoms with Crippen LogP contribution in [-0.2, 0) is 9.47 Å². The van der Waals surface area contributed by atoms with Gasteiger partial charge in [-0.1, -0.05) is 12.8 Å². The molecule has 1 N–H and O–H groups in total. The van der Waals surface area contributed by atoms with Crippen molar-refractivity contribution in [2.24, 2.45) is 0 Å². The largest absolute Gasteiger partial charge is 0.381 e. The maximum atomic E-state index is 5.57. The van der Waals surface area contributed by atoms with Gasteiger partial charge in [0.1, 0.15) is 0 Å². The van der Waals surface area contributed by atoms with Gasteiger partial charge in [0.25, 0.3) is 0 Å². The predicted molar refractivity (Wildman–Crippen MR) is 64.6 cm³/mol. The van der Waals surface area contributed by atoms with E-state index in [2.05, 4.69) is 5.32 Å². The number of ether oxygens (including phenoxy) is 2. The van der Waals surface area contributed by atoms with E-state index in [9.17, 15) is 0 Å². The maximum Gasteiger partial charge on any atom is 0.0724 e. The molecule has 0 amide bonds. The molecule has 2 saturated carbocycles. The second-order valence-corrected chi connectivity index (χ2v) is 5.20. The van der Waals surface area contributed by atoms with Crippen LogP contribution in [0.2, 0.25) is 0 Å². The van der Waals surface area contributed by atoms with Crippen molar-refractivity contribution in [3.05, 3.63) is 0 Å². The molecule has 2 aliphatic carbocycles. The molecule has 0 aromatic rings. The second-order valence-electron chi connectivity index (χ2n) is 5.20. The van der Waals surface area contributed by atoms with E-state index < -0.39 is 0 Å². The molecule has 0 aliphatic heterocycles. The van der Waals surface area contributed by atoms with Crippen molar-refractivity contribution in [1.82, 2.24) is 5.32 Å². The van der Waals surface area contributed by atoms with Gasteiger partial charge in [-0.3, -0.25) is 0 Å². The molecular formula is C13H25NO2. The smallest absolute Gasteiger partial charge is 0.0724 e. The first-order valence-electron chi connectivity index (χ1n) is 6.65. The van der Waals surface area contributed by atoms with Crippen molar-refractivity contribution in [3.63, 3.8) is 0 Å². The molecule has 2 aliphatic rings. The lowest BCUT2D eigenvalue weighted by Crippen LogP contribution is -2.47. The third-order valence-corrected chi connectivity index (χ3v) is 4.17. The van der Waals surface area contributed by atoms with Crippen molar-refractivity contribution in [1.29, 1.82) is 0 Å². The van der Waals surface area contributed by atoms with E-state index in [1.165, 1.54) is 44.9 Å². The molecule has 0 aromatic carbocycles. The van der Waals surface area contributed by atoms with Crippen molar-refractivity contribution in [2.75, 3.05) is 14.2 Å². The fraction of sp³-hybridized carbons (Fsp3) is 1.00. The Balaban J connectivity index is 1.79. The summed E-state index contributed by atoms with van der Waals surface area (Å²) < 4.78 is 11.0. The van der Waals surface area contributed by atoms with E-state index in [0.29, 0.717) is 24.3 Å². The topological polar surface area (TPSA) is 30.5 Å². The molecule has 0 bridgehead atoms. The molecule has 3 heteroatoms. The summed E-state index contributed by atoms with van der Waals surface area (Å²) in [4.78, 5) is 0. The lowest BCUT2D eigenvalue weighted by Gasteiger charge is -2.33. The van der Waals surface area contributed by atoms with Gasteiger partial charge in [0.2, 0.25) is 0 Å². The number of methoxy groups -OCH3 is 2. The van der Waals surface area contributed by atoms with Gasteiger partial charge < -0.3 is 14.8 Å². The fourth-order valence-electron chi connectivity index (χ4n) is 3.18. The van der Waals surface area contributed by atoms with Crippen LogP contribution in [0.15, 0.2) is 0 Å². The Morgan fingerprint density at radius 3 is 2.44 bits per heavy atom. The minimum Gasteiger partial charge on any atom is -0.381 e. The molecule has 94 valence electrons. The van der Waals surface area contributed by atoms with Gasteiger partial charge in [0, 0.05) is 26.3 Å². The molecule has 2 fully saturated rings. The summed E-state index contributed by atoms with van der Waals surface area (Å²) in [6, 6.07) is 1.21. The standard InChI is InChI=1S/C13H25NO2/c1-15-11-8-7-10(9-11)14-12-5-3-4-6-13(12)16-2/h10-14H,3-9H2,1-2H3. The normalized spacial score (nSPS) is 40.1. The third kappa shape index (κ3) is 2.96. The van der Waals surface area contributed by atoms with Gasteiger partial charge in [0.15, 0.2) is 0 Å². The highest BCUT2D eigenvalue weighted by Crippen LogP contribution is 2.26. The van der Waals surface area contributed by atoms with E-state index in [4.69, 9.17) is 9.47 Å². The van der Waals surface area contributed by atoms with E-state index in [1.54, 1.807) is 0 Å². The lowest BCUT2D eigenvalue weighted by molar-refractivity contribution is 0.0366. The quantitative estimate of drug-likeness (QED) is 0.798. The summed E-state index contributed by atoms with van der Waals surface area (Å²) >= 11 is 0. The summed E-state index contributed by atoms with van der Waals surface area (Å²) in [5.41, 5.74) is 0. The van der Waals surface area contributed by atoms with Crippen LogP contribution in [0.1, 0.15) is 44.9 Å². The average Bonchev–Trinajstić information content (AvgIpc) is 2.77. The minimum absolute atomic E-state index is 0.426. The summed E-state index contributed by atoms with van der Waals surface area (Å²) in [6.07, 6.45) is 9.69. The molecule has 3 nitrogen and oxygen atoms in total. The summed E-state index contributed by atoms with van der Waals surface area (Å²) in [5.74, 6) is 0. The van der Waals surface area contributed by atoms with E-state index >= 15 is 0 Å². The maximum absolute atomic E-state index is 5.57. The Labute approximate surface area is 98.9 Å². The van der Waals surface area contributed by atoms with Crippen LogP contribution in [0.5, 0.6) is 0 Å². The highest BCUT2D eigenvalue weighted by atomic mass is 16.5. The van der Waals surface area contributed by atoms with Gasteiger partial charge in [-0.25, -0.2) is 0 Å². The molecule has 0 aromatic heterocycles. The van der Waals surface area contributed by atoms with Gasteiger partial charge in [-0.15, -0.1) is 0 Å². The second kappa shape index (κ2) is 5.99. The number of rotatable bonds is 4. The zero-order valence-corrected chi connectivity index (χ0v) is 10.6. The van der Waals surface area contributed by atoms with Crippen molar-refractivity contribution >= 4 is 0 Å². The van der Waals surface area contributed by atoms with Gasteiger partial charge in [0.05, 0.1) is 12.2 Å². The van der Waals surface area contributed by atoms with Crippen LogP contribution in [0.25, 0.3) is 0 Å². The Morgan fingerprint density at radius 1 is 0.938 bits per heavy atom. The van der Waals surface area contributed by atoms with E-state index in [-0.39, 0.29) is 0 Å². The van der Waals surface area contributed by atoms with E-state index in [1.807, 2.05) is 14.2 Å². The Bertz CT molecular complexity index is 210. The molecule has 4 unspecified atom stereocenters. The SMILES string of the molecule is COC1CCC(NC2CCCCC2OC)C1. The van der Waals surface area contributed by atoms with E-state index in [0.717, 1.165) is 0 Å². The molecule has 0 heterocycles. The molecule has 0 radical (unpaired) electrons. The van der Waals surface area contributed by atoms with Gasteiger partial charge in [-0.05, 0) is 32.1 Å². The first-order chi connectivity index (χ1) is 7.83. The number of nitrogens with one attached hydrogen (secondary N) is 1. The Hall–Kier alpha value is -0.120. The first kappa shape index (κ1) is 12.3. The molecule has 2 rings (SSSR count). The van der Waals surface area contributed by atoms with Crippen LogP contribution in [0.3, 0.4) is 0 Å². The van der Waals surface area contributed by atoms with Crippen LogP contribution < -0.4 is 5.32 Å². The minimum atomic E-state index is 0.426. The Morgan fingerprint density at radius 2 is 1.75 bits per heavy atom. The van der Waals surface area contributed by atoms with Gasteiger partial charge in [-0.2, -0.15) is 0 Å². The van der Waals surface area contributed by atoms with Crippen LogP contribution in [-0.4, -0.2) is 38.5 Å². The molecule has 0 spiro atoms. The highest BCUT2D eigenvalue weighted by molar-refractivity contribution is 4.88. The molecule has 16 heavy (non-hydrogen) atoms. The van der Waals surface area contributed by atoms with Crippen molar-refractivity contribution < 1.29 is 9.47 Å². The molecule has 0 saturated heterocycles. The average molecular weight is 227 g/mol. The summed E-state index contributed by atoms with van der Waals surface area (Å²) in [5, 5.41) is 3.78.